The van der Waals surface area contributed by atoms with Gasteiger partial charge < -0.3 is 0 Å². The lowest BCUT2D eigenvalue weighted by molar-refractivity contribution is -0.0370. The van der Waals surface area contributed by atoms with Gasteiger partial charge in [-0.1, -0.05) is 30.3 Å². The van der Waals surface area contributed by atoms with Gasteiger partial charge in [0.25, 0.3) is 0 Å². The topological polar surface area (TPSA) is 0 Å². The summed E-state index contributed by atoms with van der Waals surface area (Å²) in [5, 5.41) is 0. The molecule has 0 spiro atoms. The molecule has 0 amide bonds. The van der Waals surface area contributed by atoms with Crippen LogP contribution in [0.3, 0.4) is 0 Å². The van der Waals surface area contributed by atoms with Gasteiger partial charge in [-0.2, -0.15) is 13.2 Å². The smallest absolute Gasteiger partial charge is 0.167 e. The zero-order valence-electron chi connectivity index (χ0n) is 6.93. The van der Waals surface area contributed by atoms with Crippen LogP contribution >= 0.6 is 8.58 Å². The molecule has 1 unspecified atom stereocenters. The predicted octanol–water partition coefficient (Wildman–Crippen LogP) is 3.43. The van der Waals surface area contributed by atoms with E-state index in [9.17, 15) is 13.2 Å². The van der Waals surface area contributed by atoms with Crippen molar-refractivity contribution in [3.05, 3.63) is 35.9 Å². The molecule has 0 aromatic heterocycles. The maximum atomic E-state index is 11.8. The summed E-state index contributed by atoms with van der Waals surface area (Å²) < 4.78 is 35.3. The lowest BCUT2D eigenvalue weighted by Crippen LogP contribution is -1.99. The molecule has 0 aliphatic rings. The Hall–Kier alpha value is -0.560. The second-order valence-corrected chi connectivity index (χ2v) is 4.08. The van der Waals surface area contributed by atoms with Crippen LogP contribution in [0.1, 0.15) is 5.56 Å². The summed E-state index contributed by atoms with van der Waals surface area (Å²) in [5.74, 6) is -3.99. The first-order valence-corrected chi connectivity index (χ1v) is 5.14. The van der Waals surface area contributed by atoms with Crippen molar-refractivity contribution in [3.63, 3.8) is 0 Å². The fourth-order valence-corrected chi connectivity index (χ4v) is 1.69. The minimum absolute atomic E-state index is 0.202. The Labute approximate surface area is 76.9 Å². The van der Waals surface area contributed by atoms with Gasteiger partial charge >= 0.3 is 5.92 Å². The van der Waals surface area contributed by atoms with E-state index in [-0.39, 0.29) is 6.16 Å². The molecule has 72 valence electrons. The molecule has 0 N–H and O–H groups in total. The normalized spacial score (nSPS) is 12.5. The number of alkyl halides is 3. The number of rotatable bonds is 3. The van der Waals surface area contributed by atoms with Crippen molar-refractivity contribution in [2.45, 2.75) is 12.3 Å². The van der Waals surface area contributed by atoms with Gasteiger partial charge in [0.2, 0.25) is 0 Å². The van der Waals surface area contributed by atoms with Crippen molar-refractivity contribution in [1.82, 2.24) is 0 Å². The minimum Gasteiger partial charge on any atom is -0.167 e. The standard InChI is InChI=1S/C9H10F3P/c10-9(11,12)13-7-6-8-4-2-1-3-5-8/h1-5,13H,6-7H2. The lowest BCUT2D eigenvalue weighted by Gasteiger charge is -2.05. The summed E-state index contributed by atoms with van der Waals surface area (Å²) in [5.41, 5.74) is 0.972. The molecule has 1 rings (SSSR count). The van der Waals surface area contributed by atoms with E-state index in [0.717, 1.165) is 5.56 Å². The van der Waals surface area contributed by atoms with E-state index in [2.05, 4.69) is 0 Å². The minimum atomic E-state index is -3.99. The van der Waals surface area contributed by atoms with E-state index in [1.807, 2.05) is 30.3 Å². The zero-order valence-corrected chi connectivity index (χ0v) is 7.93. The summed E-state index contributed by atoms with van der Waals surface area (Å²) in [6.45, 7) is 0. The van der Waals surface area contributed by atoms with Crippen molar-refractivity contribution in [1.29, 1.82) is 0 Å². The Kier molecular flexibility index (Phi) is 3.73. The summed E-state index contributed by atoms with van der Waals surface area (Å²) in [4.78, 5) is 0. The Morgan fingerprint density at radius 1 is 1.08 bits per heavy atom. The van der Waals surface area contributed by atoms with Crippen LogP contribution < -0.4 is 0 Å². The fourth-order valence-electron chi connectivity index (χ4n) is 0.993. The van der Waals surface area contributed by atoms with Crippen molar-refractivity contribution in [2.75, 3.05) is 6.16 Å². The molecular weight excluding hydrogens is 196 g/mol. The van der Waals surface area contributed by atoms with E-state index in [4.69, 9.17) is 0 Å². The van der Waals surface area contributed by atoms with Crippen LogP contribution in [-0.2, 0) is 6.42 Å². The maximum absolute atomic E-state index is 11.8. The molecule has 0 radical (unpaired) electrons. The Bertz CT molecular complexity index is 243. The molecule has 0 saturated carbocycles. The molecule has 0 heterocycles. The van der Waals surface area contributed by atoms with E-state index in [1.165, 1.54) is 0 Å². The van der Waals surface area contributed by atoms with E-state index in [1.54, 1.807) is 0 Å². The zero-order chi connectivity index (χ0) is 9.73. The monoisotopic (exact) mass is 206 g/mol. The lowest BCUT2D eigenvalue weighted by atomic mass is 10.2. The van der Waals surface area contributed by atoms with Crippen LogP contribution in [0.15, 0.2) is 30.3 Å². The second kappa shape index (κ2) is 4.61. The number of hydrogen-bond donors (Lipinski definition) is 0. The first kappa shape index (κ1) is 10.5. The number of benzene rings is 1. The van der Waals surface area contributed by atoms with Crippen LogP contribution in [0, 0.1) is 0 Å². The van der Waals surface area contributed by atoms with Gasteiger partial charge in [-0.05, 0) is 26.7 Å². The summed E-state index contributed by atoms with van der Waals surface area (Å²) in [6, 6.07) is 9.23. The third kappa shape index (κ3) is 4.89. The van der Waals surface area contributed by atoms with Crippen LogP contribution in [-0.4, -0.2) is 12.1 Å². The highest BCUT2D eigenvalue weighted by molar-refractivity contribution is 7.39. The van der Waals surface area contributed by atoms with Crippen LogP contribution in [0.25, 0.3) is 0 Å². The van der Waals surface area contributed by atoms with E-state index < -0.39 is 14.5 Å². The van der Waals surface area contributed by atoms with Gasteiger partial charge in [-0.15, -0.1) is 0 Å². The molecule has 1 atom stereocenters. The summed E-state index contributed by atoms with van der Waals surface area (Å²) in [7, 11) is -0.933. The van der Waals surface area contributed by atoms with Crippen molar-refractivity contribution >= 4 is 8.58 Å². The van der Waals surface area contributed by atoms with Gasteiger partial charge in [0.15, 0.2) is 0 Å². The summed E-state index contributed by atoms with van der Waals surface area (Å²) >= 11 is 0. The third-order valence-corrected chi connectivity index (χ3v) is 2.48. The SMILES string of the molecule is FC(F)(F)PCCc1ccccc1. The highest BCUT2D eigenvalue weighted by Gasteiger charge is 2.25. The molecule has 4 heteroatoms. The Balaban J connectivity index is 2.29. The van der Waals surface area contributed by atoms with Gasteiger partial charge in [0.1, 0.15) is 0 Å². The Morgan fingerprint density at radius 3 is 2.23 bits per heavy atom. The summed E-state index contributed by atoms with van der Waals surface area (Å²) in [6.07, 6.45) is 0.715. The van der Waals surface area contributed by atoms with Crippen LogP contribution in [0.5, 0.6) is 0 Å². The molecule has 1 aromatic rings. The highest BCUT2D eigenvalue weighted by atomic mass is 31.1. The highest BCUT2D eigenvalue weighted by Crippen LogP contribution is 2.36. The molecule has 0 saturated heterocycles. The number of halogens is 3. The van der Waals surface area contributed by atoms with Crippen molar-refractivity contribution in [2.24, 2.45) is 0 Å². The van der Waals surface area contributed by atoms with E-state index >= 15 is 0 Å². The van der Waals surface area contributed by atoms with Gasteiger partial charge in [-0.3, -0.25) is 0 Å². The first-order chi connectivity index (χ1) is 6.08. The first-order valence-electron chi connectivity index (χ1n) is 3.93. The molecular formula is C9H10F3P. The van der Waals surface area contributed by atoms with E-state index in [0.29, 0.717) is 6.42 Å². The molecule has 0 bridgehead atoms. The fraction of sp³-hybridized carbons (Fsp3) is 0.333. The average Bonchev–Trinajstić information content (AvgIpc) is 2.04. The molecule has 13 heavy (non-hydrogen) atoms. The Morgan fingerprint density at radius 2 is 1.69 bits per heavy atom. The third-order valence-electron chi connectivity index (χ3n) is 1.58. The van der Waals surface area contributed by atoms with Gasteiger partial charge in [0.05, 0.1) is 0 Å². The van der Waals surface area contributed by atoms with Crippen LogP contribution in [0.2, 0.25) is 0 Å². The predicted molar refractivity (Wildman–Crippen MR) is 49.4 cm³/mol. The molecule has 1 aromatic carbocycles. The maximum Gasteiger partial charge on any atom is 0.402 e. The van der Waals surface area contributed by atoms with Crippen molar-refractivity contribution in [3.8, 4) is 0 Å². The number of aryl methyl sites for hydroxylation is 1. The molecule has 0 aliphatic carbocycles. The van der Waals surface area contributed by atoms with Crippen molar-refractivity contribution < 1.29 is 13.2 Å². The number of hydrogen-bond acceptors (Lipinski definition) is 0. The molecule has 0 aliphatic heterocycles. The molecule has 0 fully saturated rings. The molecule has 0 nitrogen and oxygen atoms in total. The van der Waals surface area contributed by atoms with Gasteiger partial charge in [-0.25, -0.2) is 0 Å². The van der Waals surface area contributed by atoms with Crippen LogP contribution in [0.4, 0.5) is 13.2 Å². The largest absolute Gasteiger partial charge is 0.402 e. The average molecular weight is 206 g/mol. The quantitative estimate of drug-likeness (QED) is 0.664. The second-order valence-electron chi connectivity index (χ2n) is 2.66. The van der Waals surface area contributed by atoms with Gasteiger partial charge in [0, 0.05) is 0 Å².